The van der Waals surface area contributed by atoms with Crippen LogP contribution in [-0.4, -0.2) is 29.0 Å². The molecular formula is C27H26O3S. The van der Waals surface area contributed by atoms with Gasteiger partial charge in [-0.3, -0.25) is 0 Å². The fourth-order valence-corrected chi connectivity index (χ4v) is 5.58. The van der Waals surface area contributed by atoms with Crippen molar-refractivity contribution in [2.75, 3.05) is 6.61 Å². The molecule has 3 aromatic carbocycles. The lowest BCUT2D eigenvalue weighted by molar-refractivity contribution is -0.113. The summed E-state index contributed by atoms with van der Waals surface area (Å²) in [5.74, 6) is 0. The highest BCUT2D eigenvalue weighted by Crippen LogP contribution is 2.36. The first kappa shape index (κ1) is 20.4. The predicted octanol–water partition coefficient (Wildman–Crippen LogP) is 5.73. The van der Waals surface area contributed by atoms with Gasteiger partial charge < -0.3 is 14.9 Å². The van der Waals surface area contributed by atoms with Crippen LogP contribution in [0.3, 0.4) is 0 Å². The summed E-state index contributed by atoms with van der Waals surface area (Å²) in [4.78, 5) is 1.33. The Morgan fingerprint density at radius 3 is 2.52 bits per heavy atom. The molecule has 0 bridgehead atoms. The largest absolute Gasteiger partial charge is 0.394 e. The van der Waals surface area contributed by atoms with Crippen LogP contribution in [0.2, 0.25) is 0 Å². The molecule has 1 aliphatic heterocycles. The number of hydrogen-bond acceptors (Lipinski definition) is 4. The maximum absolute atomic E-state index is 10.3. The standard InChI is InChI=1S/C27H26O3S/c28-17-23-15-22(29)16-26(30-23)19-10-11-25(18-6-2-1-3-7-18)21(12-19)14-24-13-20-8-4-5-9-27(20)31-24/h1-13,22-23,26,28-29H,14-17H2/t22-,23-,26?/m0/s1. The summed E-state index contributed by atoms with van der Waals surface area (Å²) in [7, 11) is 0. The van der Waals surface area contributed by atoms with Gasteiger partial charge in [0.05, 0.1) is 24.9 Å². The summed E-state index contributed by atoms with van der Waals surface area (Å²) in [6.45, 7) is -0.0652. The Balaban J connectivity index is 1.53. The van der Waals surface area contributed by atoms with Gasteiger partial charge in [-0.15, -0.1) is 11.3 Å². The fourth-order valence-electron chi connectivity index (χ4n) is 4.49. The quantitative estimate of drug-likeness (QED) is 0.425. The smallest absolute Gasteiger partial charge is 0.0854 e. The minimum absolute atomic E-state index is 0.0652. The minimum atomic E-state index is -0.448. The molecule has 158 valence electrons. The summed E-state index contributed by atoms with van der Waals surface area (Å²) in [6, 6.07) is 27.7. The Morgan fingerprint density at radius 1 is 0.903 bits per heavy atom. The molecule has 31 heavy (non-hydrogen) atoms. The van der Waals surface area contributed by atoms with Crippen LogP contribution < -0.4 is 0 Å². The molecule has 1 saturated heterocycles. The van der Waals surface area contributed by atoms with Crippen LogP contribution in [0, 0.1) is 0 Å². The van der Waals surface area contributed by atoms with Gasteiger partial charge in [-0.2, -0.15) is 0 Å². The molecule has 3 atom stereocenters. The Bertz CT molecular complexity index is 1130. The molecule has 1 fully saturated rings. The van der Waals surface area contributed by atoms with E-state index in [0.29, 0.717) is 12.8 Å². The highest BCUT2D eigenvalue weighted by molar-refractivity contribution is 7.19. The number of thiophene rings is 1. The average Bonchev–Trinajstić information content (AvgIpc) is 3.21. The summed E-state index contributed by atoms with van der Waals surface area (Å²) in [5, 5.41) is 21.1. The molecule has 0 radical (unpaired) electrons. The Kier molecular flexibility index (Phi) is 5.88. The monoisotopic (exact) mass is 430 g/mol. The zero-order chi connectivity index (χ0) is 21.2. The lowest BCUT2D eigenvalue weighted by atomic mass is 9.90. The summed E-state index contributed by atoms with van der Waals surface area (Å²) < 4.78 is 7.39. The molecule has 4 heteroatoms. The predicted molar refractivity (Wildman–Crippen MR) is 126 cm³/mol. The molecule has 2 N–H and O–H groups in total. The number of aliphatic hydroxyl groups is 2. The summed E-state index contributed by atoms with van der Waals surface area (Å²) in [6.07, 6.45) is 0.930. The molecule has 1 unspecified atom stereocenters. The number of aliphatic hydroxyl groups excluding tert-OH is 2. The molecule has 1 aromatic heterocycles. The van der Waals surface area contributed by atoms with E-state index < -0.39 is 6.10 Å². The summed E-state index contributed by atoms with van der Waals surface area (Å²) >= 11 is 1.84. The Hall–Kier alpha value is -2.50. The fraction of sp³-hybridized carbons (Fsp3) is 0.259. The van der Waals surface area contributed by atoms with E-state index in [9.17, 15) is 10.2 Å². The molecule has 2 heterocycles. The minimum Gasteiger partial charge on any atom is -0.394 e. The van der Waals surface area contributed by atoms with Gasteiger partial charge in [0.25, 0.3) is 0 Å². The van der Waals surface area contributed by atoms with Gasteiger partial charge in [0.1, 0.15) is 0 Å². The summed E-state index contributed by atoms with van der Waals surface area (Å²) in [5.41, 5.74) is 4.73. The van der Waals surface area contributed by atoms with Gasteiger partial charge in [-0.05, 0) is 39.8 Å². The van der Waals surface area contributed by atoms with Crippen molar-refractivity contribution in [3.05, 3.63) is 94.9 Å². The highest BCUT2D eigenvalue weighted by atomic mass is 32.1. The van der Waals surface area contributed by atoms with Crippen LogP contribution in [0.15, 0.2) is 78.9 Å². The number of rotatable bonds is 5. The van der Waals surface area contributed by atoms with E-state index in [-0.39, 0.29) is 18.8 Å². The van der Waals surface area contributed by atoms with E-state index in [1.54, 1.807) is 0 Å². The van der Waals surface area contributed by atoms with Crippen molar-refractivity contribution in [3.63, 3.8) is 0 Å². The first-order valence-corrected chi connectivity index (χ1v) is 11.6. The van der Waals surface area contributed by atoms with Gasteiger partial charge >= 0.3 is 0 Å². The third-order valence-corrected chi connectivity index (χ3v) is 7.12. The van der Waals surface area contributed by atoms with Crippen molar-refractivity contribution in [1.82, 2.24) is 0 Å². The molecule has 0 amide bonds. The lowest BCUT2D eigenvalue weighted by Gasteiger charge is -2.33. The first-order chi connectivity index (χ1) is 15.2. The normalized spacial score (nSPS) is 21.4. The second kappa shape index (κ2) is 8.93. The maximum Gasteiger partial charge on any atom is 0.0854 e. The third kappa shape index (κ3) is 4.43. The Labute approximate surface area is 186 Å². The van der Waals surface area contributed by atoms with Crippen molar-refractivity contribution in [1.29, 1.82) is 0 Å². The van der Waals surface area contributed by atoms with Crippen LogP contribution in [0.1, 0.15) is 34.9 Å². The van der Waals surface area contributed by atoms with Crippen LogP contribution in [0.25, 0.3) is 21.2 Å². The maximum atomic E-state index is 10.3. The molecule has 0 saturated carbocycles. The first-order valence-electron chi connectivity index (χ1n) is 10.8. The van der Waals surface area contributed by atoms with E-state index in [4.69, 9.17) is 4.74 Å². The van der Waals surface area contributed by atoms with Crippen molar-refractivity contribution < 1.29 is 14.9 Å². The second-order valence-electron chi connectivity index (χ2n) is 8.26. The van der Waals surface area contributed by atoms with Crippen molar-refractivity contribution in [2.45, 2.75) is 37.6 Å². The SMILES string of the molecule is OC[C@@H]1C[C@H](O)CC(c2ccc(-c3ccccc3)c(Cc3cc4ccccc4s3)c2)O1. The average molecular weight is 431 g/mol. The van der Waals surface area contributed by atoms with E-state index in [2.05, 4.69) is 72.8 Å². The molecule has 0 aliphatic carbocycles. The van der Waals surface area contributed by atoms with E-state index in [1.165, 1.54) is 31.7 Å². The van der Waals surface area contributed by atoms with Crippen molar-refractivity contribution in [3.8, 4) is 11.1 Å². The van der Waals surface area contributed by atoms with Crippen LogP contribution >= 0.6 is 11.3 Å². The van der Waals surface area contributed by atoms with E-state index in [0.717, 1.165) is 12.0 Å². The van der Waals surface area contributed by atoms with Crippen molar-refractivity contribution >= 4 is 21.4 Å². The number of fused-ring (bicyclic) bond motifs is 1. The molecule has 4 aromatic rings. The van der Waals surface area contributed by atoms with Crippen LogP contribution in [0.4, 0.5) is 0 Å². The number of ether oxygens (including phenoxy) is 1. The molecule has 5 rings (SSSR count). The van der Waals surface area contributed by atoms with E-state index in [1.807, 2.05) is 17.4 Å². The molecule has 1 aliphatic rings. The van der Waals surface area contributed by atoms with Gasteiger partial charge in [0.15, 0.2) is 0 Å². The molecule has 0 spiro atoms. The van der Waals surface area contributed by atoms with Crippen molar-refractivity contribution in [2.24, 2.45) is 0 Å². The highest BCUT2D eigenvalue weighted by Gasteiger charge is 2.29. The lowest BCUT2D eigenvalue weighted by Crippen LogP contribution is -2.33. The van der Waals surface area contributed by atoms with Crippen LogP contribution in [0.5, 0.6) is 0 Å². The zero-order valence-corrected chi connectivity index (χ0v) is 18.1. The number of hydrogen-bond donors (Lipinski definition) is 2. The van der Waals surface area contributed by atoms with Crippen LogP contribution in [-0.2, 0) is 11.2 Å². The number of benzene rings is 3. The zero-order valence-electron chi connectivity index (χ0n) is 17.3. The molecular weight excluding hydrogens is 404 g/mol. The van der Waals surface area contributed by atoms with Gasteiger partial charge in [0, 0.05) is 28.8 Å². The van der Waals surface area contributed by atoms with Gasteiger partial charge in [-0.1, -0.05) is 66.7 Å². The topological polar surface area (TPSA) is 49.7 Å². The Morgan fingerprint density at radius 2 is 1.71 bits per heavy atom. The van der Waals surface area contributed by atoms with Gasteiger partial charge in [-0.25, -0.2) is 0 Å². The molecule has 3 nitrogen and oxygen atoms in total. The van der Waals surface area contributed by atoms with E-state index >= 15 is 0 Å². The second-order valence-corrected chi connectivity index (χ2v) is 9.43. The van der Waals surface area contributed by atoms with Gasteiger partial charge in [0.2, 0.25) is 0 Å². The third-order valence-electron chi connectivity index (χ3n) is 6.01.